The first kappa shape index (κ1) is 63.9. The zero-order valence-electron chi connectivity index (χ0n) is 43.6. The number of unbranched alkanes of at least 4 members (excludes halogenated alkanes) is 30. The maximum Gasteiger partial charge on any atom is 0.305 e. The second kappa shape index (κ2) is 47.2. The van der Waals surface area contributed by atoms with E-state index in [0.29, 0.717) is 19.4 Å². The number of esters is 1. The van der Waals surface area contributed by atoms with Gasteiger partial charge in [0.1, 0.15) is 24.4 Å². The van der Waals surface area contributed by atoms with Crippen LogP contribution in [0, 0.1) is 0 Å². The van der Waals surface area contributed by atoms with Crippen LogP contribution < -0.4 is 5.32 Å². The number of aliphatic hydroxyl groups is 5. The molecule has 1 amide bonds. The molecule has 7 atom stereocenters. The maximum absolute atomic E-state index is 13.0. The first-order valence-electron chi connectivity index (χ1n) is 28.3. The van der Waals surface area contributed by atoms with Crippen molar-refractivity contribution in [1.29, 1.82) is 0 Å². The molecule has 11 nitrogen and oxygen atoms in total. The number of ether oxygens (including phenoxy) is 3. The molecule has 0 radical (unpaired) electrons. The molecule has 0 saturated carbocycles. The molecule has 1 aliphatic heterocycles. The van der Waals surface area contributed by atoms with Crippen molar-refractivity contribution in [1.82, 2.24) is 5.32 Å². The van der Waals surface area contributed by atoms with E-state index < -0.39 is 49.5 Å². The van der Waals surface area contributed by atoms with Crippen molar-refractivity contribution in [3.63, 3.8) is 0 Å². The third kappa shape index (κ3) is 36.8. The fourth-order valence-electron chi connectivity index (χ4n) is 8.68. The quantitative estimate of drug-likeness (QED) is 0.0196. The summed E-state index contributed by atoms with van der Waals surface area (Å²) < 4.78 is 16.6. The van der Waals surface area contributed by atoms with E-state index in [1.54, 1.807) is 6.08 Å². The van der Waals surface area contributed by atoms with Crippen molar-refractivity contribution in [2.45, 2.75) is 294 Å². The smallest absolute Gasteiger partial charge is 0.305 e. The molecule has 1 fully saturated rings. The Morgan fingerprint density at radius 2 is 0.956 bits per heavy atom. The maximum atomic E-state index is 13.0. The number of rotatable bonds is 48. The summed E-state index contributed by atoms with van der Waals surface area (Å²) in [5, 5.41) is 54.2. The molecule has 1 heterocycles. The van der Waals surface area contributed by atoms with Crippen LogP contribution >= 0.6 is 0 Å². The Bertz CT molecular complexity index is 1230. The van der Waals surface area contributed by atoms with Gasteiger partial charge in [-0.2, -0.15) is 0 Å². The van der Waals surface area contributed by atoms with Crippen LogP contribution in [0.25, 0.3) is 0 Å². The second-order valence-electron chi connectivity index (χ2n) is 19.6. The molecule has 6 N–H and O–H groups in total. The van der Waals surface area contributed by atoms with Crippen molar-refractivity contribution in [2.24, 2.45) is 0 Å². The molecule has 0 bridgehead atoms. The van der Waals surface area contributed by atoms with Gasteiger partial charge in [-0.3, -0.25) is 9.59 Å². The number of aliphatic hydroxyl groups excluding tert-OH is 5. The highest BCUT2D eigenvalue weighted by Crippen LogP contribution is 2.23. The highest BCUT2D eigenvalue weighted by Gasteiger charge is 2.44. The SMILES string of the molecule is CCCCCCC/C=C/CC/C=C/C(O)C(COC1OC(CO)C(O)C(O)C1O)NC(=O)CCCCCCC/C=C\CCCCCCCCCCCOC(=O)CCCCCCCCCCCCC. The standard InChI is InChI=1S/C57H105NO10/c1-3-5-7-9-11-13-23-27-31-35-39-43-50(60)49(48-67-57-56(65)55(64)54(63)51(47-59)68-57)58-52(61)44-40-36-32-28-25-21-19-17-15-16-18-20-22-26-30-34-38-42-46-66-53(62)45-41-37-33-29-24-14-12-10-8-6-4-2/h17,19,23,27,39,43,49-51,54-57,59-60,63-65H,3-16,18,20-22,24-26,28-38,40-42,44-48H2,1-2H3,(H,58,61)/b19-17-,27-23+,43-39+. The Hall–Kier alpha value is -2.12. The van der Waals surface area contributed by atoms with Gasteiger partial charge in [0.05, 0.1) is 32.0 Å². The summed E-state index contributed by atoms with van der Waals surface area (Å²) in [4.78, 5) is 25.0. The number of carbonyl (C=O) groups excluding carboxylic acids is 2. The van der Waals surface area contributed by atoms with Crippen LogP contribution in [0.15, 0.2) is 36.5 Å². The summed E-state index contributed by atoms with van der Waals surface area (Å²) in [7, 11) is 0. The van der Waals surface area contributed by atoms with Crippen LogP contribution in [0.1, 0.15) is 251 Å². The van der Waals surface area contributed by atoms with Crippen molar-refractivity contribution >= 4 is 11.9 Å². The lowest BCUT2D eigenvalue weighted by Crippen LogP contribution is -2.60. The van der Waals surface area contributed by atoms with Gasteiger partial charge in [0.15, 0.2) is 6.29 Å². The van der Waals surface area contributed by atoms with Crippen molar-refractivity contribution in [3.05, 3.63) is 36.5 Å². The molecule has 0 aromatic carbocycles. The zero-order chi connectivity index (χ0) is 49.6. The molecular weight excluding hydrogens is 859 g/mol. The first-order chi connectivity index (χ1) is 33.2. The Labute approximate surface area is 415 Å². The summed E-state index contributed by atoms with van der Waals surface area (Å²) in [6.07, 6.45) is 46.6. The van der Waals surface area contributed by atoms with E-state index in [-0.39, 0.29) is 18.5 Å². The number of carbonyl (C=O) groups is 2. The normalized spacial score (nSPS) is 19.7. The molecule has 398 valence electrons. The van der Waals surface area contributed by atoms with Gasteiger partial charge in [-0.1, -0.05) is 204 Å². The minimum absolute atomic E-state index is 0.0143. The van der Waals surface area contributed by atoms with Gasteiger partial charge in [0.2, 0.25) is 5.91 Å². The lowest BCUT2D eigenvalue weighted by atomic mass is 9.99. The average molecular weight is 964 g/mol. The largest absolute Gasteiger partial charge is 0.466 e. The fourth-order valence-corrected chi connectivity index (χ4v) is 8.68. The minimum atomic E-state index is -1.58. The topological polar surface area (TPSA) is 175 Å². The minimum Gasteiger partial charge on any atom is -0.466 e. The molecule has 0 aromatic rings. The molecule has 68 heavy (non-hydrogen) atoms. The third-order valence-corrected chi connectivity index (χ3v) is 13.2. The molecule has 0 aromatic heterocycles. The van der Waals surface area contributed by atoms with E-state index in [4.69, 9.17) is 14.2 Å². The molecule has 0 spiro atoms. The van der Waals surface area contributed by atoms with Crippen LogP contribution in [0.3, 0.4) is 0 Å². The zero-order valence-corrected chi connectivity index (χ0v) is 43.6. The van der Waals surface area contributed by atoms with Gasteiger partial charge < -0.3 is 45.1 Å². The van der Waals surface area contributed by atoms with E-state index in [1.807, 2.05) is 6.08 Å². The average Bonchev–Trinajstić information content (AvgIpc) is 3.33. The van der Waals surface area contributed by atoms with Crippen LogP contribution in [-0.2, 0) is 23.8 Å². The van der Waals surface area contributed by atoms with Gasteiger partial charge in [0.25, 0.3) is 0 Å². The lowest BCUT2D eigenvalue weighted by molar-refractivity contribution is -0.302. The van der Waals surface area contributed by atoms with Crippen molar-refractivity contribution in [3.8, 4) is 0 Å². The number of amides is 1. The number of nitrogens with one attached hydrogen (secondary N) is 1. The summed E-state index contributed by atoms with van der Waals surface area (Å²) in [5.74, 6) is -0.222. The molecule has 0 aliphatic carbocycles. The molecule has 7 unspecified atom stereocenters. The summed E-state index contributed by atoms with van der Waals surface area (Å²) >= 11 is 0. The van der Waals surface area contributed by atoms with Crippen LogP contribution in [0.5, 0.6) is 0 Å². The Kier molecular flexibility index (Phi) is 44.4. The van der Waals surface area contributed by atoms with Crippen LogP contribution in [-0.4, -0.2) is 100 Å². The number of hydrogen-bond donors (Lipinski definition) is 6. The van der Waals surface area contributed by atoms with Crippen molar-refractivity contribution in [2.75, 3.05) is 19.8 Å². The Morgan fingerprint density at radius 1 is 0.529 bits per heavy atom. The molecular formula is C57H105NO10. The predicted molar refractivity (Wildman–Crippen MR) is 278 cm³/mol. The monoisotopic (exact) mass is 964 g/mol. The van der Waals surface area contributed by atoms with E-state index in [2.05, 4.69) is 43.5 Å². The second-order valence-corrected chi connectivity index (χ2v) is 19.6. The van der Waals surface area contributed by atoms with Crippen LogP contribution in [0.4, 0.5) is 0 Å². The Balaban J connectivity index is 2.12. The van der Waals surface area contributed by atoms with Gasteiger partial charge in [-0.15, -0.1) is 0 Å². The number of hydrogen-bond acceptors (Lipinski definition) is 10. The highest BCUT2D eigenvalue weighted by molar-refractivity contribution is 5.76. The Morgan fingerprint density at radius 3 is 1.46 bits per heavy atom. The summed E-state index contributed by atoms with van der Waals surface area (Å²) in [5.41, 5.74) is 0. The molecule has 11 heteroatoms. The summed E-state index contributed by atoms with van der Waals surface area (Å²) in [6, 6.07) is -0.836. The van der Waals surface area contributed by atoms with Gasteiger partial charge in [-0.05, 0) is 70.6 Å². The number of allylic oxidation sites excluding steroid dienone is 5. The lowest BCUT2D eigenvalue weighted by Gasteiger charge is -2.40. The van der Waals surface area contributed by atoms with Gasteiger partial charge >= 0.3 is 5.97 Å². The van der Waals surface area contributed by atoms with E-state index >= 15 is 0 Å². The van der Waals surface area contributed by atoms with Crippen LogP contribution in [0.2, 0.25) is 0 Å². The van der Waals surface area contributed by atoms with E-state index in [1.165, 1.54) is 135 Å². The van der Waals surface area contributed by atoms with Gasteiger partial charge in [-0.25, -0.2) is 0 Å². The molecule has 1 aliphatic rings. The third-order valence-electron chi connectivity index (χ3n) is 13.2. The molecule has 1 rings (SSSR count). The first-order valence-corrected chi connectivity index (χ1v) is 28.3. The molecule has 1 saturated heterocycles. The van der Waals surface area contributed by atoms with Crippen molar-refractivity contribution < 1.29 is 49.3 Å². The van der Waals surface area contributed by atoms with E-state index in [9.17, 15) is 35.1 Å². The fraction of sp³-hybridized carbons (Fsp3) is 0.860. The summed E-state index contributed by atoms with van der Waals surface area (Å²) in [6.45, 7) is 4.27. The van der Waals surface area contributed by atoms with Gasteiger partial charge in [0, 0.05) is 12.8 Å². The highest BCUT2D eigenvalue weighted by atomic mass is 16.7. The predicted octanol–water partition coefficient (Wildman–Crippen LogP) is 12.3. The van der Waals surface area contributed by atoms with E-state index in [0.717, 1.165) is 89.9 Å².